The minimum Gasteiger partial charge on any atom is -0.378 e. The first-order valence-electron chi connectivity index (χ1n) is 15.2. The van der Waals surface area contributed by atoms with E-state index < -0.39 is 23.4 Å². The van der Waals surface area contributed by atoms with Crippen molar-refractivity contribution in [1.82, 2.24) is 14.9 Å². The Morgan fingerprint density at radius 2 is 1.40 bits per heavy atom. The van der Waals surface area contributed by atoms with Crippen molar-refractivity contribution in [1.29, 1.82) is 0 Å². The summed E-state index contributed by atoms with van der Waals surface area (Å²) < 4.78 is 81.5. The minimum atomic E-state index is -4.59. The van der Waals surface area contributed by atoms with E-state index in [4.69, 9.17) is 20.2 Å². The molecule has 0 spiro atoms. The normalized spacial score (nSPS) is 11.5. The highest BCUT2D eigenvalue weighted by Gasteiger charge is 2.31. The largest absolute Gasteiger partial charge is 0.416 e. The summed E-state index contributed by atoms with van der Waals surface area (Å²) >= 11 is 0. The van der Waals surface area contributed by atoms with Gasteiger partial charge in [0, 0.05) is 41.9 Å². The average molecular weight is 665 g/mol. The number of benzene rings is 4. The van der Waals surface area contributed by atoms with Gasteiger partial charge in [-0.25, -0.2) is 13.8 Å². The Morgan fingerprint density at radius 3 is 2.02 bits per heavy atom. The lowest BCUT2D eigenvalue weighted by Gasteiger charge is -2.15. The van der Waals surface area contributed by atoms with Crippen molar-refractivity contribution < 1.29 is 36.2 Å². The molecule has 12 heteroatoms. The van der Waals surface area contributed by atoms with Crippen LogP contribution < -0.4 is 11.1 Å². The number of hydrogen-bond donors (Lipinski definition) is 2. The Bertz CT molecular complexity index is 1810. The van der Waals surface area contributed by atoms with Crippen LogP contribution in [0.4, 0.5) is 22.0 Å². The fourth-order valence-corrected chi connectivity index (χ4v) is 5.06. The second-order valence-electron chi connectivity index (χ2n) is 10.8. The number of nitrogens with zero attached hydrogens (tertiary/aromatic N) is 2. The van der Waals surface area contributed by atoms with E-state index in [9.17, 15) is 26.7 Å². The first kappa shape index (κ1) is 34.4. The van der Waals surface area contributed by atoms with Crippen LogP contribution in [0.1, 0.15) is 21.5 Å². The second kappa shape index (κ2) is 15.8. The number of carbonyl (C=O) groups is 1. The third kappa shape index (κ3) is 8.71. The highest BCUT2D eigenvalue weighted by Crippen LogP contribution is 2.39. The van der Waals surface area contributed by atoms with Crippen molar-refractivity contribution in [3.05, 3.63) is 125 Å². The quantitative estimate of drug-likeness (QED) is 0.0991. The van der Waals surface area contributed by atoms with Gasteiger partial charge in [-0.05, 0) is 78.4 Å². The third-order valence-corrected chi connectivity index (χ3v) is 7.37. The number of hydrogen-bond acceptors (Lipinski definition) is 5. The summed E-state index contributed by atoms with van der Waals surface area (Å²) in [5.41, 5.74) is 7.76. The first-order valence-corrected chi connectivity index (χ1v) is 15.2. The molecule has 250 valence electrons. The van der Waals surface area contributed by atoms with Gasteiger partial charge in [0.15, 0.2) is 0 Å². The molecule has 3 N–H and O–H groups in total. The molecule has 0 saturated carbocycles. The van der Waals surface area contributed by atoms with E-state index in [0.717, 1.165) is 12.1 Å². The van der Waals surface area contributed by atoms with E-state index >= 15 is 0 Å². The maximum absolute atomic E-state index is 14.0. The number of nitrogens with two attached hydrogens (primary N) is 1. The van der Waals surface area contributed by atoms with Crippen molar-refractivity contribution in [3.63, 3.8) is 0 Å². The zero-order valence-electron chi connectivity index (χ0n) is 25.8. The molecule has 0 unspecified atom stereocenters. The number of aromatic nitrogens is 2. The molecular weight excluding hydrogens is 631 g/mol. The lowest BCUT2D eigenvalue weighted by Crippen LogP contribution is -2.27. The van der Waals surface area contributed by atoms with Gasteiger partial charge in [0.1, 0.15) is 17.5 Å². The van der Waals surface area contributed by atoms with Gasteiger partial charge >= 0.3 is 6.18 Å². The summed E-state index contributed by atoms with van der Waals surface area (Å²) in [6, 6.07) is 22.8. The molecule has 5 rings (SSSR count). The van der Waals surface area contributed by atoms with Crippen molar-refractivity contribution in [2.24, 2.45) is 5.73 Å². The van der Waals surface area contributed by atoms with E-state index in [0.29, 0.717) is 73.2 Å². The average Bonchev–Trinajstić information content (AvgIpc) is 3.45. The molecule has 4 aromatic carbocycles. The van der Waals surface area contributed by atoms with E-state index in [2.05, 4.69) is 5.32 Å². The minimum absolute atomic E-state index is 0.133. The van der Waals surface area contributed by atoms with Gasteiger partial charge in [0.2, 0.25) is 0 Å². The Labute approximate surface area is 274 Å². The molecule has 1 aromatic heterocycles. The highest BCUT2D eigenvalue weighted by molar-refractivity contribution is 5.94. The molecule has 48 heavy (non-hydrogen) atoms. The van der Waals surface area contributed by atoms with Gasteiger partial charge in [-0.2, -0.15) is 13.2 Å². The molecule has 0 saturated heterocycles. The number of ether oxygens (including phenoxy) is 2. The molecule has 7 nitrogen and oxygen atoms in total. The van der Waals surface area contributed by atoms with E-state index in [1.54, 1.807) is 41.0 Å². The number of imidazole rings is 1. The Morgan fingerprint density at radius 1 is 0.771 bits per heavy atom. The third-order valence-electron chi connectivity index (χ3n) is 7.37. The molecule has 0 aliphatic heterocycles. The summed E-state index contributed by atoms with van der Waals surface area (Å²) in [5.74, 6) is -1.02. The van der Waals surface area contributed by atoms with Gasteiger partial charge in [0.05, 0.1) is 43.4 Å². The zero-order valence-corrected chi connectivity index (χ0v) is 25.8. The number of nitrogens with one attached hydrogen (secondary N) is 1. The van der Waals surface area contributed by atoms with Crippen molar-refractivity contribution in [2.45, 2.75) is 12.7 Å². The molecule has 0 radical (unpaired) electrons. The van der Waals surface area contributed by atoms with Crippen LogP contribution in [0.3, 0.4) is 0 Å². The second-order valence-corrected chi connectivity index (χ2v) is 10.8. The Hall–Kier alpha value is -4.91. The van der Waals surface area contributed by atoms with Gasteiger partial charge in [-0.3, -0.25) is 4.79 Å². The summed E-state index contributed by atoms with van der Waals surface area (Å²) in [5, 5.41) is 2.79. The number of alkyl halides is 3. The topological polar surface area (TPSA) is 91.4 Å². The van der Waals surface area contributed by atoms with Gasteiger partial charge in [0.25, 0.3) is 5.91 Å². The van der Waals surface area contributed by atoms with Crippen LogP contribution in [-0.2, 0) is 22.2 Å². The zero-order chi connectivity index (χ0) is 34.1. The fraction of sp³-hybridized carbons (Fsp3) is 0.222. The lowest BCUT2D eigenvalue weighted by atomic mass is 10.0. The highest BCUT2D eigenvalue weighted by atomic mass is 19.4. The SMILES string of the molecule is NCCOCCOCCNC(=O)c1ccc(Cn2c(-c3cccc(C(F)(F)F)c3)nc(-c3ccc(F)cc3)c2-c2ccc(F)cc2)cc1. The van der Waals surface area contributed by atoms with Gasteiger partial charge in [-0.1, -0.05) is 24.3 Å². The van der Waals surface area contributed by atoms with E-state index in [1.807, 2.05) is 0 Å². The first-order chi connectivity index (χ1) is 23.1. The monoisotopic (exact) mass is 664 g/mol. The maximum Gasteiger partial charge on any atom is 0.416 e. The van der Waals surface area contributed by atoms with Crippen LogP contribution in [0.25, 0.3) is 33.9 Å². The van der Waals surface area contributed by atoms with Crippen LogP contribution in [-0.4, -0.2) is 55.0 Å². The summed E-state index contributed by atoms with van der Waals surface area (Å²) in [6.45, 7) is 2.40. The summed E-state index contributed by atoms with van der Waals surface area (Å²) in [6.07, 6.45) is -4.59. The molecule has 0 atom stereocenters. The molecular formula is C36H33F5N4O3. The molecule has 0 aliphatic rings. The Kier molecular flexibility index (Phi) is 11.3. The number of carbonyl (C=O) groups excluding carboxylic acids is 1. The Balaban J connectivity index is 1.48. The molecule has 1 heterocycles. The summed E-state index contributed by atoms with van der Waals surface area (Å²) in [4.78, 5) is 17.5. The molecule has 0 aliphatic carbocycles. The predicted molar refractivity (Wildman–Crippen MR) is 172 cm³/mol. The molecule has 0 fully saturated rings. The van der Waals surface area contributed by atoms with E-state index in [1.165, 1.54) is 48.5 Å². The van der Waals surface area contributed by atoms with Crippen molar-refractivity contribution in [3.8, 4) is 33.9 Å². The van der Waals surface area contributed by atoms with Crippen LogP contribution >= 0.6 is 0 Å². The van der Waals surface area contributed by atoms with Crippen LogP contribution in [0, 0.1) is 11.6 Å². The number of halogens is 5. The summed E-state index contributed by atoms with van der Waals surface area (Å²) in [7, 11) is 0. The molecule has 1 amide bonds. The van der Waals surface area contributed by atoms with E-state index in [-0.39, 0.29) is 23.8 Å². The number of rotatable bonds is 14. The van der Waals surface area contributed by atoms with Crippen LogP contribution in [0.2, 0.25) is 0 Å². The number of amides is 1. The van der Waals surface area contributed by atoms with Crippen LogP contribution in [0.5, 0.6) is 0 Å². The maximum atomic E-state index is 14.0. The van der Waals surface area contributed by atoms with Crippen molar-refractivity contribution in [2.75, 3.05) is 39.5 Å². The van der Waals surface area contributed by atoms with Gasteiger partial charge < -0.3 is 25.1 Å². The van der Waals surface area contributed by atoms with Gasteiger partial charge in [-0.15, -0.1) is 0 Å². The smallest absolute Gasteiger partial charge is 0.378 e. The standard InChI is InChI=1S/C36H33F5N4O3/c37-30-12-8-25(9-13-30)32-33(26-10-14-31(38)15-11-26)45(34(44-32)28-2-1-3-29(22-28)36(39,40)41)23-24-4-6-27(7-5-24)35(46)43-17-19-48-21-20-47-18-16-42/h1-15,22H,16-21,23,42H2,(H,43,46). The molecule has 5 aromatic rings. The molecule has 0 bridgehead atoms. The fourth-order valence-electron chi connectivity index (χ4n) is 5.06. The predicted octanol–water partition coefficient (Wildman–Crippen LogP) is 6.95. The lowest BCUT2D eigenvalue weighted by molar-refractivity contribution is -0.137. The van der Waals surface area contributed by atoms with Crippen molar-refractivity contribution >= 4 is 5.91 Å². The van der Waals surface area contributed by atoms with Crippen LogP contribution in [0.15, 0.2) is 97.1 Å².